The molecule has 4 rings (SSSR count). The van der Waals surface area contributed by atoms with Gasteiger partial charge in [-0.05, 0) is 0 Å². The summed E-state index contributed by atoms with van der Waals surface area (Å²) in [7, 11) is 0. The molecule has 0 fully saturated rings. The van der Waals surface area contributed by atoms with Gasteiger partial charge in [0.05, 0.1) is 0 Å². The molecule has 0 spiro atoms. The van der Waals surface area contributed by atoms with E-state index in [4.69, 9.17) is 0 Å². The summed E-state index contributed by atoms with van der Waals surface area (Å²) >= 11 is -0.988. The normalized spacial score (nSPS) is 22.4. The minimum absolute atomic E-state index is 0. The number of hydrogen-bond acceptors (Lipinski definition) is 0. The summed E-state index contributed by atoms with van der Waals surface area (Å²) in [6.45, 7) is 11.8. The van der Waals surface area contributed by atoms with E-state index in [9.17, 15) is 0 Å². The molecule has 0 saturated heterocycles. The van der Waals surface area contributed by atoms with Gasteiger partial charge in [0.15, 0.2) is 0 Å². The molecule has 0 radical (unpaired) electrons. The van der Waals surface area contributed by atoms with Crippen molar-refractivity contribution in [3.8, 4) is 0 Å². The molecule has 1 aromatic heterocycles. The Bertz CT molecular complexity index is 935. The van der Waals surface area contributed by atoms with Crippen LogP contribution in [0.4, 0.5) is 0 Å². The number of halogens is 2. The summed E-state index contributed by atoms with van der Waals surface area (Å²) in [5.74, 6) is 0. The summed E-state index contributed by atoms with van der Waals surface area (Å²) in [6, 6.07) is 13.3. The molecular weight excluding hydrogens is 452 g/mol. The van der Waals surface area contributed by atoms with Gasteiger partial charge in [0.2, 0.25) is 0 Å². The molecular formula is C23H27Cl2NZr. The summed E-state index contributed by atoms with van der Waals surface area (Å²) in [6.07, 6.45) is 9.31. The van der Waals surface area contributed by atoms with Crippen LogP contribution >= 0.6 is 24.8 Å². The van der Waals surface area contributed by atoms with Crippen molar-refractivity contribution in [2.24, 2.45) is 5.41 Å². The van der Waals surface area contributed by atoms with Crippen molar-refractivity contribution in [2.45, 2.75) is 37.9 Å². The van der Waals surface area contributed by atoms with Crippen molar-refractivity contribution >= 4 is 30.9 Å². The van der Waals surface area contributed by atoms with Crippen molar-refractivity contribution in [1.82, 2.24) is 4.57 Å². The molecule has 1 atom stereocenters. The van der Waals surface area contributed by atoms with Crippen molar-refractivity contribution in [3.63, 3.8) is 0 Å². The van der Waals surface area contributed by atoms with Crippen LogP contribution < -0.4 is 0 Å². The third kappa shape index (κ3) is 3.29. The second kappa shape index (κ2) is 7.90. The number of allylic oxidation sites excluding steroid dienone is 5. The van der Waals surface area contributed by atoms with Crippen LogP contribution in [0.3, 0.4) is 0 Å². The van der Waals surface area contributed by atoms with Gasteiger partial charge in [-0.25, -0.2) is 0 Å². The van der Waals surface area contributed by atoms with Crippen LogP contribution in [0.2, 0.25) is 0 Å². The van der Waals surface area contributed by atoms with Gasteiger partial charge in [-0.15, -0.1) is 24.8 Å². The molecule has 0 saturated carbocycles. The maximum atomic E-state index is 2.48. The van der Waals surface area contributed by atoms with E-state index in [1.165, 1.54) is 16.7 Å². The van der Waals surface area contributed by atoms with Gasteiger partial charge in [-0.3, -0.25) is 0 Å². The first-order chi connectivity index (χ1) is 11.9. The van der Waals surface area contributed by atoms with E-state index < -0.39 is 23.2 Å². The molecule has 0 aliphatic heterocycles. The molecule has 2 aromatic rings. The zero-order chi connectivity index (χ0) is 17.8. The molecule has 0 bridgehead atoms. The average molecular weight is 480 g/mol. The fraction of sp³-hybridized carbons (Fsp3) is 0.304. The van der Waals surface area contributed by atoms with E-state index in [2.05, 4.69) is 100 Å². The average Bonchev–Trinajstić information content (AvgIpc) is 3.29. The SMILES string of the molecule is CC1=C(C)C(C)(C)[C]([Zr][C]2(n3cccc3)C=Cc3ccccc32)=C1C.Cl.Cl. The van der Waals surface area contributed by atoms with Crippen LogP contribution in [0.15, 0.2) is 74.9 Å². The first kappa shape index (κ1) is 22.5. The predicted molar refractivity (Wildman–Crippen MR) is 116 cm³/mol. The molecule has 4 heteroatoms. The Labute approximate surface area is 187 Å². The second-order valence-electron chi connectivity index (χ2n) is 7.78. The Kier molecular flexibility index (Phi) is 6.57. The molecule has 1 unspecified atom stereocenters. The standard InChI is InChI=1S/C13H10N.C10H15.2ClH.Zr/c1-2-6-12-11(5-1)7-8-13(12)14-9-3-4-10-14;1-7-6-10(4,5)9(3)8(7)2;;;/h1-10H;1-5H3;2*1H;. The van der Waals surface area contributed by atoms with Gasteiger partial charge < -0.3 is 0 Å². The summed E-state index contributed by atoms with van der Waals surface area (Å²) < 4.78 is 4.24. The third-order valence-electron chi connectivity index (χ3n) is 6.27. The van der Waals surface area contributed by atoms with Crippen LogP contribution in [-0.2, 0) is 26.5 Å². The summed E-state index contributed by atoms with van der Waals surface area (Å²) in [4.78, 5) is 0. The molecule has 2 aliphatic rings. The maximum absolute atomic E-state index is 2.48. The van der Waals surface area contributed by atoms with E-state index in [1.807, 2.05) is 0 Å². The van der Waals surface area contributed by atoms with Crippen LogP contribution in [0.25, 0.3) is 6.08 Å². The van der Waals surface area contributed by atoms with Gasteiger partial charge in [0.25, 0.3) is 0 Å². The first-order valence-corrected chi connectivity index (χ1v) is 11.4. The van der Waals surface area contributed by atoms with Crippen LogP contribution in [0, 0.1) is 5.41 Å². The number of rotatable bonds is 3. The molecule has 2 aliphatic carbocycles. The smallest absolute Gasteiger partial charge is 0.147 e. The van der Waals surface area contributed by atoms with E-state index in [0.29, 0.717) is 0 Å². The van der Waals surface area contributed by atoms with Crippen LogP contribution in [0.5, 0.6) is 0 Å². The number of fused-ring (bicyclic) bond motifs is 1. The fourth-order valence-electron chi connectivity index (χ4n) is 4.29. The van der Waals surface area contributed by atoms with Crippen molar-refractivity contribution in [2.75, 3.05) is 0 Å². The predicted octanol–water partition coefficient (Wildman–Crippen LogP) is 6.79. The van der Waals surface area contributed by atoms with Crippen molar-refractivity contribution < 1.29 is 23.2 Å². The van der Waals surface area contributed by atoms with Gasteiger partial charge in [0, 0.05) is 0 Å². The molecule has 0 N–H and O–H groups in total. The first-order valence-electron chi connectivity index (χ1n) is 8.98. The van der Waals surface area contributed by atoms with Gasteiger partial charge in [-0.2, -0.15) is 0 Å². The summed E-state index contributed by atoms with van der Waals surface area (Å²) in [5, 5.41) is 0. The molecule has 27 heavy (non-hydrogen) atoms. The Morgan fingerprint density at radius 2 is 1.48 bits per heavy atom. The van der Waals surface area contributed by atoms with Crippen molar-refractivity contribution in [1.29, 1.82) is 0 Å². The van der Waals surface area contributed by atoms with Crippen molar-refractivity contribution in [3.05, 3.63) is 86.0 Å². The summed E-state index contributed by atoms with van der Waals surface area (Å²) in [5.41, 5.74) is 7.69. The van der Waals surface area contributed by atoms with Crippen LogP contribution in [-0.4, -0.2) is 4.57 Å². The number of benzene rings is 1. The monoisotopic (exact) mass is 477 g/mol. The minimum atomic E-state index is -0.988. The number of aromatic nitrogens is 1. The van der Waals surface area contributed by atoms with Gasteiger partial charge in [0.1, 0.15) is 0 Å². The van der Waals surface area contributed by atoms with E-state index in [0.717, 1.165) is 0 Å². The van der Waals surface area contributed by atoms with Gasteiger partial charge >= 0.3 is 163 Å². The maximum Gasteiger partial charge on any atom is -0.147 e. The topological polar surface area (TPSA) is 4.93 Å². The number of nitrogens with zero attached hydrogens (tertiary/aromatic N) is 1. The minimum Gasteiger partial charge on any atom is -0.147 e. The Balaban J connectivity index is 0.00000131. The molecule has 1 aromatic carbocycles. The second-order valence-corrected chi connectivity index (χ2v) is 11.5. The Morgan fingerprint density at radius 3 is 2.07 bits per heavy atom. The fourth-order valence-corrected chi connectivity index (χ4v) is 9.36. The number of hydrogen-bond donors (Lipinski definition) is 0. The molecule has 142 valence electrons. The Morgan fingerprint density at radius 1 is 0.852 bits per heavy atom. The van der Waals surface area contributed by atoms with E-state index in [1.54, 1.807) is 14.4 Å². The van der Waals surface area contributed by atoms with E-state index in [-0.39, 0.29) is 33.5 Å². The van der Waals surface area contributed by atoms with Crippen LogP contribution in [0.1, 0.15) is 45.7 Å². The quantitative estimate of drug-likeness (QED) is 0.457. The third-order valence-corrected chi connectivity index (χ3v) is 12.0. The van der Waals surface area contributed by atoms with Gasteiger partial charge in [-0.1, -0.05) is 0 Å². The zero-order valence-corrected chi connectivity index (χ0v) is 20.6. The molecule has 1 nitrogen and oxygen atoms in total. The Hall–Kier alpha value is -0.817. The molecule has 0 amide bonds. The largest absolute Gasteiger partial charge is 0.147 e. The molecule has 1 heterocycles. The van der Waals surface area contributed by atoms with E-state index >= 15 is 0 Å². The zero-order valence-electron chi connectivity index (χ0n) is 16.5.